The van der Waals surface area contributed by atoms with Crippen molar-refractivity contribution in [3.63, 3.8) is 0 Å². The molecule has 0 bridgehead atoms. The van der Waals surface area contributed by atoms with Crippen molar-refractivity contribution in [2.75, 3.05) is 0 Å². The van der Waals surface area contributed by atoms with Gasteiger partial charge in [0.1, 0.15) is 0 Å². The molecule has 0 unspecified atom stereocenters. The third-order valence-electron chi connectivity index (χ3n) is 3.13. The first-order chi connectivity index (χ1) is 5.54. The lowest BCUT2D eigenvalue weighted by Crippen LogP contribution is -2.34. The van der Waals surface area contributed by atoms with Gasteiger partial charge in [0, 0.05) is 6.04 Å². The average molecular weight is 171 g/mol. The van der Waals surface area contributed by atoms with Gasteiger partial charge in [-0.3, -0.25) is 0 Å². The van der Waals surface area contributed by atoms with Crippen LogP contribution in [0.25, 0.3) is 0 Å². The van der Waals surface area contributed by atoms with Crippen LogP contribution in [-0.2, 0) is 0 Å². The summed E-state index contributed by atoms with van der Waals surface area (Å²) in [7, 11) is 0. The molecule has 0 saturated heterocycles. The SMILES string of the molecule is CC(C)(C)C1CCC(NO)CC1. The molecule has 1 rings (SSSR count). The summed E-state index contributed by atoms with van der Waals surface area (Å²) in [4.78, 5) is 0. The van der Waals surface area contributed by atoms with Crippen LogP contribution in [0.5, 0.6) is 0 Å². The monoisotopic (exact) mass is 171 g/mol. The Bertz CT molecular complexity index is 131. The van der Waals surface area contributed by atoms with Crippen LogP contribution in [-0.4, -0.2) is 11.2 Å². The van der Waals surface area contributed by atoms with Crippen LogP contribution in [0.2, 0.25) is 0 Å². The zero-order valence-electron chi connectivity index (χ0n) is 8.43. The van der Waals surface area contributed by atoms with Gasteiger partial charge in [0.2, 0.25) is 0 Å². The number of hydrogen-bond donors (Lipinski definition) is 2. The van der Waals surface area contributed by atoms with Crippen molar-refractivity contribution >= 4 is 0 Å². The Balaban J connectivity index is 2.36. The van der Waals surface area contributed by atoms with Crippen molar-refractivity contribution < 1.29 is 5.21 Å². The summed E-state index contributed by atoms with van der Waals surface area (Å²) in [6.45, 7) is 6.93. The molecule has 0 aromatic carbocycles. The van der Waals surface area contributed by atoms with Crippen LogP contribution in [0, 0.1) is 11.3 Å². The minimum absolute atomic E-state index is 0.351. The Kier molecular flexibility index (Phi) is 3.13. The molecule has 0 radical (unpaired) electrons. The van der Waals surface area contributed by atoms with Crippen LogP contribution >= 0.6 is 0 Å². The normalized spacial score (nSPS) is 32.0. The van der Waals surface area contributed by atoms with E-state index < -0.39 is 0 Å². The molecule has 0 amide bonds. The Hall–Kier alpha value is -0.0800. The van der Waals surface area contributed by atoms with E-state index in [1.165, 1.54) is 12.8 Å². The van der Waals surface area contributed by atoms with E-state index in [0.717, 1.165) is 18.8 Å². The van der Waals surface area contributed by atoms with Crippen LogP contribution < -0.4 is 5.48 Å². The molecule has 0 aliphatic heterocycles. The number of hydrogen-bond acceptors (Lipinski definition) is 2. The van der Waals surface area contributed by atoms with Gasteiger partial charge in [0.25, 0.3) is 0 Å². The fourth-order valence-corrected chi connectivity index (χ4v) is 2.09. The maximum Gasteiger partial charge on any atom is 0.0319 e. The third-order valence-corrected chi connectivity index (χ3v) is 3.13. The van der Waals surface area contributed by atoms with E-state index in [4.69, 9.17) is 5.21 Å². The molecule has 0 atom stereocenters. The number of rotatable bonds is 1. The topological polar surface area (TPSA) is 32.3 Å². The van der Waals surface area contributed by atoms with Gasteiger partial charge >= 0.3 is 0 Å². The molecule has 1 saturated carbocycles. The molecule has 12 heavy (non-hydrogen) atoms. The highest BCUT2D eigenvalue weighted by Crippen LogP contribution is 2.37. The summed E-state index contributed by atoms with van der Waals surface area (Å²) in [6.07, 6.45) is 4.75. The fraction of sp³-hybridized carbons (Fsp3) is 1.00. The molecule has 1 aliphatic rings. The fourth-order valence-electron chi connectivity index (χ4n) is 2.09. The minimum Gasteiger partial charge on any atom is -0.317 e. The molecule has 2 heteroatoms. The van der Waals surface area contributed by atoms with Crippen molar-refractivity contribution in [1.82, 2.24) is 5.48 Å². The first-order valence-corrected chi connectivity index (χ1v) is 4.93. The van der Waals surface area contributed by atoms with Crippen molar-refractivity contribution in [3.05, 3.63) is 0 Å². The summed E-state index contributed by atoms with van der Waals surface area (Å²) in [5, 5.41) is 8.73. The number of hydroxylamine groups is 1. The number of nitrogens with one attached hydrogen (secondary N) is 1. The van der Waals surface area contributed by atoms with Gasteiger partial charge in [-0.2, -0.15) is 0 Å². The Labute approximate surface area is 75.3 Å². The molecule has 0 spiro atoms. The first kappa shape index (κ1) is 10.0. The highest BCUT2D eigenvalue weighted by molar-refractivity contribution is 4.81. The Morgan fingerprint density at radius 3 is 1.92 bits per heavy atom. The first-order valence-electron chi connectivity index (χ1n) is 4.93. The molecule has 72 valence electrons. The van der Waals surface area contributed by atoms with E-state index in [9.17, 15) is 0 Å². The molecule has 1 fully saturated rings. The predicted octanol–water partition coefficient (Wildman–Crippen LogP) is 2.57. The second-order valence-electron chi connectivity index (χ2n) is 5.04. The van der Waals surface area contributed by atoms with Crippen molar-refractivity contribution in [2.45, 2.75) is 52.5 Å². The molecule has 0 aromatic rings. The smallest absolute Gasteiger partial charge is 0.0319 e. The van der Waals surface area contributed by atoms with Gasteiger partial charge in [-0.25, -0.2) is 5.48 Å². The maximum atomic E-state index is 8.73. The average Bonchev–Trinajstić information content (AvgIpc) is 2.03. The quantitative estimate of drug-likeness (QED) is 0.594. The standard InChI is InChI=1S/C10H21NO/c1-10(2,3)8-4-6-9(11-12)7-5-8/h8-9,11-12H,4-7H2,1-3H3. The minimum atomic E-state index is 0.351. The van der Waals surface area contributed by atoms with Gasteiger partial charge in [0.05, 0.1) is 0 Å². The van der Waals surface area contributed by atoms with E-state index in [0.29, 0.717) is 11.5 Å². The molecular formula is C10H21NO. The summed E-state index contributed by atoms with van der Waals surface area (Å²) in [5.41, 5.74) is 2.82. The molecule has 1 aliphatic carbocycles. The van der Waals surface area contributed by atoms with E-state index in [2.05, 4.69) is 26.3 Å². The van der Waals surface area contributed by atoms with Crippen molar-refractivity contribution in [3.8, 4) is 0 Å². The van der Waals surface area contributed by atoms with E-state index in [1.807, 2.05) is 0 Å². The molecular weight excluding hydrogens is 150 g/mol. The Morgan fingerprint density at radius 2 is 1.58 bits per heavy atom. The molecule has 0 heterocycles. The summed E-state index contributed by atoms with van der Waals surface area (Å²) in [6, 6.07) is 0.351. The lowest BCUT2D eigenvalue weighted by molar-refractivity contribution is 0.0760. The highest BCUT2D eigenvalue weighted by Gasteiger charge is 2.29. The lowest BCUT2D eigenvalue weighted by atomic mass is 9.71. The van der Waals surface area contributed by atoms with Crippen LogP contribution in [0.4, 0.5) is 0 Å². The zero-order chi connectivity index (χ0) is 9.19. The van der Waals surface area contributed by atoms with Crippen molar-refractivity contribution in [1.29, 1.82) is 0 Å². The summed E-state index contributed by atoms with van der Waals surface area (Å²) >= 11 is 0. The Morgan fingerprint density at radius 1 is 1.08 bits per heavy atom. The second kappa shape index (κ2) is 3.75. The predicted molar refractivity (Wildman–Crippen MR) is 50.1 cm³/mol. The van der Waals surface area contributed by atoms with Crippen LogP contribution in [0.1, 0.15) is 46.5 Å². The largest absolute Gasteiger partial charge is 0.317 e. The second-order valence-corrected chi connectivity index (χ2v) is 5.04. The zero-order valence-corrected chi connectivity index (χ0v) is 8.43. The highest BCUT2D eigenvalue weighted by atomic mass is 16.5. The molecule has 2 N–H and O–H groups in total. The van der Waals surface area contributed by atoms with E-state index in [1.54, 1.807) is 0 Å². The van der Waals surface area contributed by atoms with Gasteiger partial charge in [-0.05, 0) is 37.0 Å². The van der Waals surface area contributed by atoms with Gasteiger partial charge in [-0.1, -0.05) is 20.8 Å². The summed E-state index contributed by atoms with van der Waals surface area (Å²) in [5.74, 6) is 0.835. The van der Waals surface area contributed by atoms with Gasteiger partial charge in [-0.15, -0.1) is 0 Å². The van der Waals surface area contributed by atoms with Gasteiger partial charge in [0.15, 0.2) is 0 Å². The van der Waals surface area contributed by atoms with Crippen molar-refractivity contribution in [2.24, 2.45) is 11.3 Å². The van der Waals surface area contributed by atoms with Crippen LogP contribution in [0.3, 0.4) is 0 Å². The summed E-state index contributed by atoms with van der Waals surface area (Å²) < 4.78 is 0. The van der Waals surface area contributed by atoms with Crippen LogP contribution in [0.15, 0.2) is 0 Å². The molecule has 2 nitrogen and oxygen atoms in total. The molecule has 0 aromatic heterocycles. The van der Waals surface area contributed by atoms with E-state index in [-0.39, 0.29) is 0 Å². The third kappa shape index (κ3) is 2.46. The van der Waals surface area contributed by atoms with Gasteiger partial charge < -0.3 is 5.21 Å². The van der Waals surface area contributed by atoms with E-state index >= 15 is 0 Å². The maximum absolute atomic E-state index is 8.73. The lowest BCUT2D eigenvalue weighted by Gasteiger charge is -2.36.